The van der Waals surface area contributed by atoms with Crippen LogP contribution in [0, 0.1) is 5.92 Å². The van der Waals surface area contributed by atoms with E-state index in [9.17, 15) is 0 Å². The van der Waals surface area contributed by atoms with Crippen LogP contribution in [-0.4, -0.2) is 35.8 Å². The highest BCUT2D eigenvalue weighted by atomic mass is 28.4. The maximum absolute atomic E-state index is 7.33. The van der Waals surface area contributed by atoms with Gasteiger partial charge in [0.2, 0.25) is 0 Å². The third kappa shape index (κ3) is 5.28. The van der Waals surface area contributed by atoms with E-state index in [1.807, 2.05) is 18.2 Å². The Labute approximate surface area is 240 Å². The summed E-state index contributed by atoms with van der Waals surface area (Å²) >= 11 is 0. The van der Waals surface area contributed by atoms with Crippen molar-refractivity contribution in [2.45, 2.75) is 37.6 Å². The van der Waals surface area contributed by atoms with Gasteiger partial charge in [-0.15, -0.1) is 0 Å². The van der Waals surface area contributed by atoms with E-state index in [0.717, 1.165) is 12.2 Å². The summed E-state index contributed by atoms with van der Waals surface area (Å²) in [6.07, 6.45) is 1.02. The molecule has 1 aliphatic rings. The molecule has 40 heavy (non-hydrogen) atoms. The van der Waals surface area contributed by atoms with Crippen molar-refractivity contribution in [1.82, 2.24) is 0 Å². The number of hydrogen-bond donors (Lipinski definition) is 0. The second kappa shape index (κ2) is 11.5. The molecule has 0 heterocycles. The molecule has 5 rings (SSSR count). The average molecular weight is 553 g/mol. The lowest BCUT2D eigenvalue weighted by Gasteiger charge is -2.43. The van der Waals surface area contributed by atoms with Gasteiger partial charge in [-0.25, -0.2) is 0 Å². The fraction of sp³-hybridized carbons (Fsp3) is 0.314. The molecule has 208 valence electrons. The van der Waals surface area contributed by atoms with Gasteiger partial charge >= 0.3 is 0 Å². The first-order valence-corrected chi connectivity index (χ1v) is 15.9. The highest BCUT2D eigenvalue weighted by molar-refractivity contribution is 6.99. The summed E-state index contributed by atoms with van der Waals surface area (Å²) in [4.78, 5) is 0. The first-order chi connectivity index (χ1) is 19.3. The van der Waals surface area contributed by atoms with E-state index in [0.29, 0.717) is 30.6 Å². The maximum Gasteiger partial charge on any atom is 0.261 e. The predicted molar refractivity (Wildman–Crippen MR) is 165 cm³/mol. The van der Waals surface area contributed by atoms with Crippen molar-refractivity contribution < 1.29 is 18.6 Å². The topological polar surface area (TPSA) is 36.9 Å². The highest BCUT2D eigenvalue weighted by Gasteiger charge is 2.58. The number of benzene rings is 4. The number of methoxy groups -OCH3 is 2. The predicted octanol–water partition coefficient (Wildman–Crippen LogP) is 6.62. The van der Waals surface area contributed by atoms with Crippen molar-refractivity contribution in [3.63, 3.8) is 0 Å². The molecule has 0 N–H and O–H groups in total. The molecule has 0 bridgehead atoms. The number of hydrogen-bond acceptors (Lipinski definition) is 4. The van der Waals surface area contributed by atoms with Gasteiger partial charge in [0.25, 0.3) is 8.32 Å². The molecular formula is C35H40O4Si. The Balaban J connectivity index is 1.44. The molecular weight excluding hydrogens is 512 g/mol. The van der Waals surface area contributed by atoms with Crippen LogP contribution in [0.3, 0.4) is 0 Å². The lowest BCUT2D eigenvalue weighted by atomic mass is 9.94. The quantitative estimate of drug-likeness (QED) is 0.196. The van der Waals surface area contributed by atoms with Crippen molar-refractivity contribution in [3.05, 3.63) is 115 Å². The van der Waals surface area contributed by atoms with E-state index < -0.39 is 8.32 Å². The van der Waals surface area contributed by atoms with Crippen LogP contribution in [-0.2, 0) is 9.84 Å². The summed E-state index contributed by atoms with van der Waals surface area (Å²) in [7, 11) is 0.671. The molecule has 1 saturated carbocycles. The van der Waals surface area contributed by atoms with Gasteiger partial charge in [-0.1, -0.05) is 112 Å². The Kier molecular flexibility index (Phi) is 8.06. The molecule has 4 aromatic carbocycles. The largest absolute Gasteiger partial charge is 0.493 e. The minimum Gasteiger partial charge on any atom is -0.493 e. The van der Waals surface area contributed by atoms with Crippen molar-refractivity contribution in [3.8, 4) is 17.2 Å². The van der Waals surface area contributed by atoms with Crippen LogP contribution < -0.4 is 24.6 Å². The van der Waals surface area contributed by atoms with Crippen LogP contribution in [0.5, 0.6) is 17.2 Å². The third-order valence-electron chi connectivity index (χ3n) is 8.35. The number of rotatable bonds is 11. The smallest absolute Gasteiger partial charge is 0.261 e. The standard InChI is InChI=1S/C35H40O4Si/c1-34(2,3)40(30-17-11-7-12-18-30,31-19-13-8-14-20-31)39-25-28-24-35(28,27-15-9-6-10-16-27)26-38-29-21-22-32(36-4)33(23-29)37-5/h6-23,28H,24-26H2,1-5H3. The van der Waals surface area contributed by atoms with Gasteiger partial charge in [0.1, 0.15) is 5.75 Å². The zero-order valence-corrected chi connectivity index (χ0v) is 25.2. The van der Waals surface area contributed by atoms with E-state index in [4.69, 9.17) is 18.6 Å². The van der Waals surface area contributed by atoms with Gasteiger partial charge in [-0.05, 0) is 45.4 Å². The Morgan fingerprint density at radius 2 is 1.27 bits per heavy atom. The van der Waals surface area contributed by atoms with E-state index in [2.05, 4.69) is 112 Å². The zero-order valence-electron chi connectivity index (χ0n) is 24.2. The van der Waals surface area contributed by atoms with Crippen LogP contribution in [0.2, 0.25) is 5.04 Å². The fourth-order valence-corrected chi connectivity index (χ4v) is 10.7. The fourth-order valence-electron chi connectivity index (χ4n) is 6.09. The Hall–Kier alpha value is -3.54. The molecule has 0 amide bonds. The summed E-state index contributed by atoms with van der Waals surface area (Å²) < 4.78 is 24.7. The van der Waals surface area contributed by atoms with Gasteiger partial charge in [0.15, 0.2) is 11.5 Å². The molecule has 5 heteroatoms. The normalized spacial score (nSPS) is 18.7. The Morgan fingerprint density at radius 3 is 1.80 bits per heavy atom. The zero-order chi connectivity index (χ0) is 28.2. The number of ether oxygens (including phenoxy) is 3. The first-order valence-electron chi connectivity index (χ1n) is 14.0. The molecule has 0 spiro atoms. The highest BCUT2D eigenvalue weighted by Crippen LogP contribution is 2.55. The van der Waals surface area contributed by atoms with Crippen LogP contribution >= 0.6 is 0 Å². The second-order valence-corrected chi connectivity index (χ2v) is 16.0. The Morgan fingerprint density at radius 1 is 0.725 bits per heavy atom. The summed E-state index contributed by atoms with van der Waals surface area (Å²) in [6, 6.07) is 38.2. The van der Waals surface area contributed by atoms with Gasteiger partial charge in [-0.2, -0.15) is 0 Å². The lowest BCUT2D eigenvalue weighted by Crippen LogP contribution is -2.66. The third-order valence-corrected chi connectivity index (χ3v) is 13.4. The summed E-state index contributed by atoms with van der Waals surface area (Å²) in [5, 5.41) is 2.55. The van der Waals surface area contributed by atoms with Crippen LogP contribution in [0.25, 0.3) is 0 Å². The van der Waals surface area contributed by atoms with E-state index in [1.165, 1.54) is 15.9 Å². The van der Waals surface area contributed by atoms with Gasteiger partial charge in [0.05, 0.1) is 20.8 Å². The van der Waals surface area contributed by atoms with Gasteiger partial charge in [0, 0.05) is 18.1 Å². The van der Waals surface area contributed by atoms with Crippen molar-refractivity contribution in [2.75, 3.05) is 27.4 Å². The molecule has 2 unspecified atom stereocenters. The molecule has 0 saturated heterocycles. The first kappa shape index (κ1) is 28.0. The van der Waals surface area contributed by atoms with Crippen molar-refractivity contribution in [2.24, 2.45) is 5.92 Å². The molecule has 1 aliphatic carbocycles. The van der Waals surface area contributed by atoms with Gasteiger partial charge < -0.3 is 18.6 Å². The van der Waals surface area contributed by atoms with Gasteiger partial charge in [-0.3, -0.25) is 0 Å². The van der Waals surface area contributed by atoms with Crippen molar-refractivity contribution in [1.29, 1.82) is 0 Å². The minimum absolute atomic E-state index is 0.0594. The summed E-state index contributed by atoms with van der Waals surface area (Å²) in [5.74, 6) is 2.47. The maximum atomic E-state index is 7.33. The molecule has 1 fully saturated rings. The molecule has 0 aromatic heterocycles. The van der Waals surface area contributed by atoms with Crippen LogP contribution in [0.1, 0.15) is 32.8 Å². The van der Waals surface area contributed by atoms with E-state index in [1.54, 1.807) is 14.2 Å². The molecule has 2 atom stereocenters. The average Bonchev–Trinajstić information content (AvgIpc) is 3.71. The monoisotopic (exact) mass is 552 g/mol. The van der Waals surface area contributed by atoms with Crippen LogP contribution in [0.4, 0.5) is 0 Å². The van der Waals surface area contributed by atoms with Crippen molar-refractivity contribution >= 4 is 18.7 Å². The van der Waals surface area contributed by atoms with E-state index >= 15 is 0 Å². The molecule has 4 aromatic rings. The minimum atomic E-state index is -2.62. The van der Waals surface area contributed by atoms with E-state index in [-0.39, 0.29) is 10.5 Å². The summed E-state index contributed by atoms with van der Waals surface area (Å²) in [5.41, 5.74) is 1.19. The molecule has 4 nitrogen and oxygen atoms in total. The van der Waals surface area contributed by atoms with Crippen LogP contribution in [0.15, 0.2) is 109 Å². The SMILES string of the molecule is COc1ccc(OCC2(c3ccccc3)CC2CO[Si](c2ccccc2)(c2ccccc2)C(C)(C)C)cc1OC. The molecule has 0 aliphatic heterocycles. The Bertz CT molecular complexity index is 1350. The lowest BCUT2D eigenvalue weighted by molar-refractivity contribution is 0.229. The summed E-state index contributed by atoms with van der Waals surface area (Å²) in [6.45, 7) is 8.24. The molecule has 0 radical (unpaired) electrons. The second-order valence-electron chi connectivity index (χ2n) is 11.7.